The van der Waals surface area contributed by atoms with Crippen LogP contribution in [0, 0.1) is 41.8 Å². The lowest BCUT2D eigenvalue weighted by Crippen LogP contribution is -2.47. The summed E-state index contributed by atoms with van der Waals surface area (Å²) in [6.45, 7) is 2.74. The molecule has 4 bridgehead atoms. The van der Waals surface area contributed by atoms with Crippen LogP contribution in [0.1, 0.15) is 71.7 Å². The highest BCUT2D eigenvalue weighted by Crippen LogP contribution is 2.56. The Morgan fingerprint density at radius 1 is 1.23 bits per heavy atom. The highest BCUT2D eigenvalue weighted by atomic mass is 35.5. The summed E-state index contributed by atoms with van der Waals surface area (Å²) in [5.74, 6) is -0.239. The number of benzene rings is 2. The first-order valence-corrected chi connectivity index (χ1v) is 17.4. The summed E-state index contributed by atoms with van der Waals surface area (Å²) in [5.41, 5.74) is 4.00. The third-order valence-electron chi connectivity index (χ3n) is 11.7. The van der Waals surface area contributed by atoms with E-state index in [2.05, 4.69) is 22.0 Å². The number of rotatable bonds is 7. The molecule has 0 unspecified atom stereocenters. The Labute approximate surface area is 287 Å². The number of carbonyl (C=O) groups is 1. The van der Waals surface area contributed by atoms with Gasteiger partial charge in [-0.25, -0.2) is 9.37 Å². The largest absolute Gasteiger partial charge is 0.381 e. The normalized spacial score (nSPS) is 30.4. The molecular formula is C37H36Cl2FN5O2. The molecular weight excluding hydrogens is 636 g/mol. The van der Waals surface area contributed by atoms with Crippen molar-refractivity contribution >= 4 is 50.9 Å². The molecule has 7 atom stereocenters. The quantitative estimate of drug-likeness (QED) is 0.217. The lowest BCUT2D eigenvalue weighted by Gasteiger charge is -2.43. The van der Waals surface area contributed by atoms with Gasteiger partial charge in [-0.3, -0.25) is 4.79 Å². The summed E-state index contributed by atoms with van der Waals surface area (Å²) in [7, 11) is -2.55. The van der Waals surface area contributed by atoms with Gasteiger partial charge in [-0.05, 0) is 75.1 Å². The maximum atomic E-state index is 17.2. The number of pyridine rings is 1. The molecule has 0 radical (unpaired) electrons. The van der Waals surface area contributed by atoms with Crippen LogP contribution in [-0.4, -0.2) is 52.1 Å². The number of hydrogen-bond donors (Lipinski definition) is 1. The van der Waals surface area contributed by atoms with Gasteiger partial charge in [0.05, 0.1) is 43.9 Å². The van der Waals surface area contributed by atoms with Crippen LogP contribution in [0.4, 0.5) is 4.39 Å². The summed E-state index contributed by atoms with van der Waals surface area (Å²) in [6, 6.07) is 11.2. The van der Waals surface area contributed by atoms with E-state index in [1.54, 1.807) is 18.2 Å². The molecule has 4 aromatic rings. The van der Waals surface area contributed by atoms with Crippen molar-refractivity contribution in [3.63, 3.8) is 0 Å². The minimum Gasteiger partial charge on any atom is -0.381 e. The average molecular weight is 676 g/mol. The summed E-state index contributed by atoms with van der Waals surface area (Å²) in [6.07, 6.45) is 3.89. The number of piperidine rings is 1. The van der Waals surface area contributed by atoms with Gasteiger partial charge in [0.15, 0.2) is 5.82 Å². The van der Waals surface area contributed by atoms with Crippen LogP contribution in [0.2, 0.25) is 10.0 Å². The number of aromatic nitrogens is 2. The number of hydrogen-bond acceptors (Lipinski definition) is 5. The number of fused-ring (bicyclic) bond motifs is 6. The molecule has 5 heterocycles. The third-order valence-corrected chi connectivity index (χ3v) is 12.5. The number of halogens is 3. The van der Waals surface area contributed by atoms with Crippen molar-refractivity contribution in [2.75, 3.05) is 13.6 Å². The molecule has 6 aliphatic rings. The van der Waals surface area contributed by atoms with Crippen LogP contribution in [0.5, 0.6) is 0 Å². The fourth-order valence-corrected chi connectivity index (χ4v) is 9.82. The summed E-state index contributed by atoms with van der Waals surface area (Å²) < 4.78 is 49.0. The Balaban J connectivity index is 1.31. The minimum atomic E-state index is -2.55. The van der Waals surface area contributed by atoms with E-state index >= 15 is 4.39 Å². The Hall–Kier alpha value is -3.22. The van der Waals surface area contributed by atoms with Crippen LogP contribution in [0.15, 0.2) is 30.3 Å². The summed E-state index contributed by atoms with van der Waals surface area (Å²) >= 11 is 13.1. The van der Waals surface area contributed by atoms with Crippen LogP contribution < -0.4 is 5.32 Å². The maximum Gasteiger partial charge on any atom is 0.226 e. The smallest absolute Gasteiger partial charge is 0.226 e. The van der Waals surface area contributed by atoms with Gasteiger partial charge >= 0.3 is 0 Å². The molecule has 2 aromatic carbocycles. The highest BCUT2D eigenvalue weighted by Gasteiger charge is 2.58. The molecule has 1 amide bonds. The third kappa shape index (κ3) is 4.29. The zero-order valence-corrected chi connectivity index (χ0v) is 27.4. The predicted octanol–water partition coefficient (Wildman–Crippen LogP) is 7.69. The van der Waals surface area contributed by atoms with E-state index < -0.39 is 19.0 Å². The van der Waals surface area contributed by atoms with E-state index in [-0.39, 0.29) is 64.4 Å². The van der Waals surface area contributed by atoms with Gasteiger partial charge in [0, 0.05) is 77.2 Å². The molecule has 10 heteroatoms. The second-order valence-corrected chi connectivity index (χ2v) is 15.0. The monoisotopic (exact) mass is 674 g/mol. The molecule has 6 fully saturated rings. The van der Waals surface area contributed by atoms with Crippen molar-refractivity contribution in [3.05, 3.63) is 63.1 Å². The predicted molar refractivity (Wildman–Crippen MR) is 180 cm³/mol. The first-order valence-electron chi connectivity index (χ1n) is 18.2. The number of amides is 1. The van der Waals surface area contributed by atoms with Crippen LogP contribution >= 0.6 is 23.2 Å². The van der Waals surface area contributed by atoms with E-state index in [1.807, 2.05) is 17.9 Å². The van der Waals surface area contributed by atoms with Gasteiger partial charge in [0.25, 0.3) is 0 Å². The Morgan fingerprint density at radius 2 is 2.09 bits per heavy atom. The summed E-state index contributed by atoms with van der Waals surface area (Å²) in [4.78, 5) is 21.0. The zero-order valence-electron chi connectivity index (χ0n) is 28.9. The molecule has 3 aliphatic carbocycles. The molecule has 2 aromatic heterocycles. The first-order chi connectivity index (χ1) is 23.9. The zero-order chi connectivity index (χ0) is 34.8. The molecule has 0 spiro atoms. The van der Waals surface area contributed by atoms with Crippen molar-refractivity contribution < 1.29 is 18.0 Å². The molecule has 3 saturated carbocycles. The average Bonchev–Trinajstić information content (AvgIpc) is 3.44. The number of carbonyl (C=O) groups excluding carboxylic acids is 1. The molecule has 3 aliphatic heterocycles. The topological polar surface area (TPSA) is 83.2 Å². The maximum absolute atomic E-state index is 17.2. The second kappa shape index (κ2) is 10.9. The molecule has 10 rings (SSSR count). The van der Waals surface area contributed by atoms with Gasteiger partial charge in [-0.2, -0.15) is 5.26 Å². The number of ether oxygens (including phenoxy) is 1. The molecule has 3 saturated heterocycles. The Kier molecular flexibility index (Phi) is 6.19. The number of nitriles is 1. The van der Waals surface area contributed by atoms with Crippen molar-refractivity contribution in [2.24, 2.45) is 17.8 Å². The SMILES string of the molecule is [2H]C([2H])([2H])O[C@H]1C[C@H]2C[C@@H]1[C@H](c1cc3c(C)nc4c(F)c(-c5cccc(Cl)c5Cl)c(CCC#N)cc4c3n1[C@H]1[C@H]3CN[C@@H]1C3)N2C(=O)C1CC1. The lowest BCUT2D eigenvalue weighted by molar-refractivity contribution is -0.139. The Bertz CT molecular complexity index is 2130. The number of aryl methyl sites for hydroxylation is 2. The standard InChI is InChI=1S/C37H36Cl2FN5O2/c1-17-23-15-28(36-24-13-21(14-29(24)47-2)44(36)37(46)18-8-9-18)45(34-20-12-27(34)42-16-20)35(23)25-11-19(5-4-10-41)30(32(40)33(25)43-17)22-6-3-7-26(38)31(22)39/h3,6-7,11,15,18,20-21,24,27,29,34,36,42H,4-5,8-9,12-14,16H2,1-2H3/t20-,21-,24+,27-,29+,34+,36-/m1/s1/i2D3. The second-order valence-electron chi connectivity index (χ2n) is 14.2. The number of methoxy groups -OCH3 is 1. The van der Waals surface area contributed by atoms with Gasteiger partial charge in [-0.15, -0.1) is 0 Å². The summed E-state index contributed by atoms with van der Waals surface area (Å²) in [5, 5.41) is 15.3. The van der Waals surface area contributed by atoms with Crippen LogP contribution in [0.25, 0.3) is 32.9 Å². The van der Waals surface area contributed by atoms with E-state index in [9.17, 15) is 10.1 Å². The molecule has 1 N–H and O–H groups in total. The number of likely N-dealkylation sites (tertiary alicyclic amines) is 1. The first kappa shape index (κ1) is 26.7. The van der Waals surface area contributed by atoms with Crippen molar-refractivity contribution in [3.8, 4) is 17.2 Å². The fraction of sp³-hybridized carbons (Fsp3) is 0.486. The molecule has 7 nitrogen and oxygen atoms in total. The highest BCUT2D eigenvalue weighted by molar-refractivity contribution is 6.43. The van der Waals surface area contributed by atoms with Crippen molar-refractivity contribution in [1.82, 2.24) is 19.8 Å². The minimum absolute atomic E-state index is 0.00373. The van der Waals surface area contributed by atoms with Gasteiger partial charge in [-0.1, -0.05) is 35.3 Å². The van der Waals surface area contributed by atoms with Gasteiger partial charge < -0.3 is 19.5 Å². The van der Waals surface area contributed by atoms with Crippen LogP contribution in [-0.2, 0) is 16.0 Å². The van der Waals surface area contributed by atoms with E-state index in [4.69, 9.17) is 37.0 Å². The Morgan fingerprint density at radius 3 is 2.81 bits per heavy atom. The van der Waals surface area contributed by atoms with E-state index in [0.29, 0.717) is 52.4 Å². The van der Waals surface area contributed by atoms with Crippen molar-refractivity contribution in [2.45, 2.75) is 82.1 Å². The number of nitrogens with zero attached hydrogens (tertiary/aromatic N) is 4. The van der Waals surface area contributed by atoms with Gasteiger partial charge in [0.1, 0.15) is 5.52 Å². The lowest BCUT2D eigenvalue weighted by atomic mass is 9.79. The van der Waals surface area contributed by atoms with E-state index in [1.165, 1.54) is 0 Å². The molecule has 47 heavy (non-hydrogen) atoms. The number of nitrogens with one attached hydrogen (secondary N) is 1. The van der Waals surface area contributed by atoms with Crippen molar-refractivity contribution in [1.29, 1.82) is 5.26 Å². The molecule has 242 valence electrons. The van der Waals surface area contributed by atoms with Crippen LogP contribution in [0.3, 0.4) is 0 Å². The fourth-order valence-electron chi connectivity index (χ4n) is 9.42. The van der Waals surface area contributed by atoms with E-state index in [0.717, 1.165) is 42.4 Å². The van der Waals surface area contributed by atoms with Gasteiger partial charge in [0.2, 0.25) is 5.91 Å².